The third kappa shape index (κ3) is 6.80. The first kappa shape index (κ1) is 20.5. The first-order valence-corrected chi connectivity index (χ1v) is 9.19. The molecule has 0 aliphatic carbocycles. The molecule has 2 aromatic rings. The molecule has 0 radical (unpaired) electrons. The summed E-state index contributed by atoms with van der Waals surface area (Å²) in [5, 5.41) is 10.3. The highest BCUT2D eigenvalue weighted by Gasteiger charge is 2.06. The summed E-state index contributed by atoms with van der Waals surface area (Å²) in [4.78, 5) is 8.40. The van der Waals surface area contributed by atoms with E-state index in [1.54, 1.807) is 21.1 Å². The average Bonchev–Trinajstić information content (AvgIpc) is 3.09. The number of aromatic nitrogens is 2. The SMILES string of the molecule is CCOc1cc(CCCNC(=NC)NCCc2nc(C)no2)ccc1OC. The second-order valence-corrected chi connectivity index (χ2v) is 5.93. The van der Waals surface area contributed by atoms with Gasteiger partial charge in [0.2, 0.25) is 5.89 Å². The van der Waals surface area contributed by atoms with Gasteiger partial charge >= 0.3 is 0 Å². The standard InChI is InChI=1S/C19H29N5O3/c1-5-26-17-13-15(8-9-16(17)25-4)7-6-11-21-19(20-3)22-12-10-18-23-14(2)24-27-18/h8-9,13H,5-7,10-12H2,1-4H3,(H2,20,21,22). The second-order valence-electron chi connectivity index (χ2n) is 5.93. The van der Waals surface area contributed by atoms with Gasteiger partial charge < -0.3 is 24.6 Å². The number of hydrogen-bond acceptors (Lipinski definition) is 6. The molecule has 8 nitrogen and oxygen atoms in total. The van der Waals surface area contributed by atoms with Crippen LogP contribution in [-0.2, 0) is 12.8 Å². The van der Waals surface area contributed by atoms with Gasteiger partial charge in [-0.1, -0.05) is 11.2 Å². The molecule has 27 heavy (non-hydrogen) atoms. The van der Waals surface area contributed by atoms with Crippen molar-refractivity contribution in [2.75, 3.05) is 33.9 Å². The van der Waals surface area contributed by atoms with Crippen LogP contribution in [0.1, 0.15) is 30.6 Å². The number of rotatable bonds is 10. The van der Waals surface area contributed by atoms with Crippen molar-refractivity contribution >= 4 is 5.96 Å². The van der Waals surface area contributed by atoms with Crippen LogP contribution in [0.3, 0.4) is 0 Å². The molecule has 0 aliphatic rings. The molecule has 2 rings (SSSR count). The third-order valence-corrected chi connectivity index (χ3v) is 3.89. The quantitative estimate of drug-likeness (QED) is 0.373. The van der Waals surface area contributed by atoms with Gasteiger partial charge in [-0.3, -0.25) is 4.99 Å². The van der Waals surface area contributed by atoms with Crippen LogP contribution in [0.25, 0.3) is 0 Å². The summed E-state index contributed by atoms with van der Waals surface area (Å²) < 4.78 is 16.0. The number of aryl methyl sites for hydroxylation is 2. The van der Waals surface area contributed by atoms with Crippen LogP contribution in [0, 0.1) is 6.92 Å². The minimum Gasteiger partial charge on any atom is -0.493 e. The molecule has 0 saturated carbocycles. The molecular formula is C19H29N5O3. The summed E-state index contributed by atoms with van der Waals surface area (Å²) in [6.07, 6.45) is 2.57. The summed E-state index contributed by atoms with van der Waals surface area (Å²) >= 11 is 0. The molecule has 1 heterocycles. The molecule has 1 aromatic heterocycles. The Kier molecular flexibility index (Phi) is 8.41. The molecule has 0 fully saturated rings. The number of ether oxygens (including phenoxy) is 2. The Morgan fingerprint density at radius 2 is 2.00 bits per heavy atom. The van der Waals surface area contributed by atoms with Crippen molar-refractivity contribution in [1.82, 2.24) is 20.8 Å². The first-order chi connectivity index (χ1) is 13.2. The topological polar surface area (TPSA) is 93.8 Å². The minimum absolute atomic E-state index is 0.618. The van der Waals surface area contributed by atoms with Gasteiger partial charge in [0.25, 0.3) is 0 Å². The van der Waals surface area contributed by atoms with Crippen LogP contribution < -0.4 is 20.1 Å². The van der Waals surface area contributed by atoms with Crippen molar-refractivity contribution in [2.24, 2.45) is 4.99 Å². The van der Waals surface area contributed by atoms with Crippen molar-refractivity contribution in [1.29, 1.82) is 0 Å². The van der Waals surface area contributed by atoms with Crippen LogP contribution in [0.5, 0.6) is 11.5 Å². The van der Waals surface area contributed by atoms with E-state index in [2.05, 4.69) is 31.8 Å². The molecule has 0 spiro atoms. The number of benzene rings is 1. The number of guanidine groups is 1. The Labute approximate surface area is 160 Å². The Morgan fingerprint density at radius 3 is 2.67 bits per heavy atom. The van der Waals surface area contributed by atoms with Crippen LogP contribution in [0.4, 0.5) is 0 Å². The Bertz CT molecular complexity index is 730. The Morgan fingerprint density at radius 1 is 1.19 bits per heavy atom. The molecule has 0 amide bonds. The number of hydrogen-bond donors (Lipinski definition) is 2. The van der Waals surface area contributed by atoms with Gasteiger partial charge in [-0.15, -0.1) is 0 Å². The highest BCUT2D eigenvalue weighted by atomic mass is 16.5. The fraction of sp³-hybridized carbons (Fsp3) is 0.526. The summed E-state index contributed by atoms with van der Waals surface area (Å²) in [6.45, 7) is 5.88. The maximum absolute atomic E-state index is 5.63. The van der Waals surface area contributed by atoms with Gasteiger partial charge in [0.1, 0.15) is 0 Å². The van der Waals surface area contributed by atoms with E-state index in [-0.39, 0.29) is 0 Å². The summed E-state index contributed by atoms with van der Waals surface area (Å²) in [5.41, 5.74) is 1.22. The zero-order valence-electron chi connectivity index (χ0n) is 16.5. The molecule has 148 valence electrons. The monoisotopic (exact) mass is 375 g/mol. The maximum Gasteiger partial charge on any atom is 0.228 e. The van der Waals surface area contributed by atoms with Crippen molar-refractivity contribution in [3.63, 3.8) is 0 Å². The lowest BCUT2D eigenvalue weighted by atomic mass is 10.1. The molecule has 8 heteroatoms. The summed E-state index contributed by atoms with van der Waals surface area (Å²) in [7, 11) is 3.41. The second kappa shape index (κ2) is 11.1. The van der Waals surface area contributed by atoms with E-state index in [9.17, 15) is 0 Å². The van der Waals surface area contributed by atoms with Crippen LogP contribution in [-0.4, -0.2) is 50.0 Å². The lowest BCUT2D eigenvalue weighted by molar-refractivity contribution is 0.310. The number of nitrogens with one attached hydrogen (secondary N) is 2. The van der Waals surface area contributed by atoms with E-state index in [0.29, 0.717) is 31.3 Å². The zero-order chi connectivity index (χ0) is 19.5. The van der Waals surface area contributed by atoms with E-state index in [4.69, 9.17) is 14.0 Å². The summed E-state index contributed by atoms with van der Waals surface area (Å²) in [5.74, 6) is 3.59. The summed E-state index contributed by atoms with van der Waals surface area (Å²) in [6, 6.07) is 6.07. The average molecular weight is 375 g/mol. The molecule has 2 N–H and O–H groups in total. The third-order valence-electron chi connectivity index (χ3n) is 3.89. The van der Waals surface area contributed by atoms with Crippen molar-refractivity contribution in [2.45, 2.75) is 33.1 Å². The fourth-order valence-corrected chi connectivity index (χ4v) is 2.59. The number of nitrogens with zero attached hydrogens (tertiary/aromatic N) is 3. The molecule has 0 aliphatic heterocycles. The molecule has 0 unspecified atom stereocenters. The van der Waals surface area contributed by atoms with E-state index in [1.165, 1.54) is 5.56 Å². The molecule has 0 saturated heterocycles. The minimum atomic E-state index is 0.618. The highest BCUT2D eigenvalue weighted by molar-refractivity contribution is 5.79. The normalized spacial score (nSPS) is 11.3. The van der Waals surface area contributed by atoms with Crippen molar-refractivity contribution in [3.8, 4) is 11.5 Å². The number of aliphatic imine (C=N–C) groups is 1. The molecule has 0 bridgehead atoms. The molecule has 0 atom stereocenters. The number of methoxy groups -OCH3 is 1. The van der Waals surface area contributed by atoms with Crippen LogP contribution in [0.2, 0.25) is 0 Å². The molecular weight excluding hydrogens is 346 g/mol. The first-order valence-electron chi connectivity index (χ1n) is 9.19. The van der Waals surface area contributed by atoms with Crippen LogP contribution >= 0.6 is 0 Å². The van der Waals surface area contributed by atoms with Gasteiger partial charge in [0.05, 0.1) is 13.7 Å². The fourth-order valence-electron chi connectivity index (χ4n) is 2.59. The van der Waals surface area contributed by atoms with Gasteiger partial charge in [-0.05, 0) is 44.4 Å². The van der Waals surface area contributed by atoms with E-state index in [1.807, 2.05) is 19.1 Å². The van der Waals surface area contributed by atoms with Crippen molar-refractivity contribution in [3.05, 3.63) is 35.5 Å². The lowest BCUT2D eigenvalue weighted by Gasteiger charge is -2.12. The van der Waals surface area contributed by atoms with Gasteiger partial charge in [-0.25, -0.2) is 0 Å². The zero-order valence-corrected chi connectivity index (χ0v) is 16.5. The van der Waals surface area contributed by atoms with E-state index < -0.39 is 0 Å². The van der Waals surface area contributed by atoms with E-state index >= 15 is 0 Å². The maximum atomic E-state index is 5.63. The predicted octanol–water partition coefficient (Wildman–Crippen LogP) is 2.13. The lowest BCUT2D eigenvalue weighted by Crippen LogP contribution is -2.38. The Balaban J connectivity index is 1.70. The van der Waals surface area contributed by atoms with E-state index in [0.717, 1.165) is 36.8 Å². The van der Waals surface area contributed by atoms with Crippen molar-refractivity contribution < 1.29 is 14.0 Å². The van der Waals surface area contributed by atoms with Gasteiger partial charge in [0.15, 0.2) is 23.3 Å². The van der Waals surface area contributed by atoms with Crippen LogP contribution in [0.15, 0.2) is 27.7 Å². The largest absolute Gasteiger partial charge is 0.493 e. The Hall–Kier alpha value is -2.77. The van der Waals surface area contributed by atoms with Gasteiger partial charge in [0, 0.05) is 26.6 Å². The highest BCUT2D eigenvalue weighted by Crippen LogP contribution is 2.28. The van der Waals surface area contributed by atoms with Gasteiger partial charge in [-0.2, -0.15) is 4.98 Å². The smallest absolute Gasteiger partial charge is 0.228 e. The predicted molar refractivity (Wildman–Crippen MR) is 105 cm³/mol. The molecule has 1 aromatic carbocycles.